The van der Waals surface area contributed by atoms with Crippen molar-refractivity contribution in [3.63, 3.8) is 0 Å². The van der Waals surface area contributed by atoms with E-state index in [1.807, 2.05) is 0 Å². The molecule has 1 atom stereocenters. The summed E-state index contributed by atoms with van der Waals surface area (Å²) in [4.78, 5) is 0. The fourth-order valence-corrected chi connectivity index (χ4v) is 2.07. The number of rotatable bonds is 5. The Hall–Kier alpha value is -0.0900. The minimum atomic E-state index is -2.79. The van der Waals surface area contributed by atoms with Crippen molar-refractivity contribution in [2.24, 2.45) is 5.41 Å². The molecule has 0 saturated heterocycles. The third-order valence-electron chi connectivity index (χ3n) is 2.76. The summed E-state index contributed by atoms with van der Waals surface area (Å²) < 4.78 is 22.2. The predicted molar refractivity (Wildman–Crippen MR) is 54.5 cm³/mol. The highest BCUT2D eigenvalue weighted by molar-refractivity contribution is 7.91. The van der Waals surface area contributed by atoms with Gasteiger partial charge in [0, 0.05) is 18.3 Å². The molecule has 0 aliphatic heterocycles. The van der Waals surface area contributed by atoms with Gasteiger partial charge in [-0.25, -0.2) is 8.42 Å². The Balaban J connectivity index is 2.16. The van der Waals surface area contributed by atoms with E-state index in [9.17, 15) is 8.42 Å². The minimum absolute atomic E-state index is 0.253. The van der Waals surface area contributed by atoms with E-state index in [2.05, 4.69) is 19.2 Å². The Morgan fingerprint density at radius 2 is 2.00 bits per heavy atom. The first-order valence-electron chi connectivity index (χ1n) is 4.81. The second-order valence-electron chi connectivity index (χ2n) is 4.44. The molecule has 0 aromatic rings. The lowest BCUT2D eigenvalue weighted by Gasteiger charge is -2.05. The molecule has 0 bridgehead atoms. The maximum absolute atomic E-state index is 11.1. The Morgan fingerprint density at radius 3 is 2.38 bits per heavy atom. The van der Waals surface area contributed by atoms with E-state index in [1.54, 1.807) is 6.92 Å². The summed E-state index contributed by atoms with van der Waals surface area (Å²) in [5.74, 6) is 0.527. The van der Waals surface area contributed by atoms with E-state index in [4.69, 9.17) is 0 Å². The lowest BCUT2D eigenvalue weighted by Crippen LogP contribution is -2.27. The Morgan fingerprint density at radius 1 is 1.46 bits per heavy atom. The molecule has 0 heterocycles. The van der Waals surface area contributed by atoms with Crippen LogP contribution in [0.25, 0.3) is 0 Å². The van der Waals surface area contributed by atoms with Crippen LogP contribution in [0.1, 0.15) is 27.2 Å². The van der Waals surface area contributed by atoms with Crippen molar-refractivity contribution in [1.82, 2.24) is 5.32 Å². The maximum atomic E-state index is 11.1. The molecule has 1 rings (SSSR count). The quantitative estimate of drug-likeness (QED) is 0.722. The third kappa shape index (κ3) is 3.27. The van der Waals surface area contributed by atoms with E-state index in [0.29, 0.717) is 18.0 Å². The van der Waals surface area contributed by atoms with Crippen LogP contribution in [0.2, 0.25) is 0 Å². The van der Waals surface area contributed by atoms with Crippen LogP contribution in [0.15, 0.2) is 0 Å². The highest BCUT2D eigenvalue weighted by atomic mass is 32.2. The average Bonchev–Trinajstić information content (AvgIpc) is 2.59. The summed E-state index contributed by atoms with van der Waals surface area (Å²) in [5, 5.41) is 3.26. The summed E-state index contributed by atoms with van der Waals surface area (Å²) in [6.07, 6.45) is 1.17. The van der Waals surface area contributed by atoms with Crippen LogP contribution >= 0.6 is 0 Å². The highest BCUT2D eigenvalue weighted by Crippen LogP contribution is 2.44. The van der Waals surface area contributed by atoms with E-state index in [0.717, 1.165) is 0 Å². The Labute approximate surface area is 80.8 Å². The molecule has 0 amide bonds. The van der Waals surface area contributed by atoms with E-state index in [1.165, 1.54) is 6.42 Å². The maximum Gasteiger partial charge on any atom is 0.151 e. The van der Waals surface area contributed by atoms with E-state index < -0.39 is 9.84 Å². The highest BCUT2D eigenvalue weighted by Gasteiger charge is 2.44. The van der Waals surface area contributed by atoms with Crippen molar-refractivity contribution in [1.29, 1.82) is 0 Å². The molecule has 13 heavy (non-hydrogen) atoms. The van der Waals surface area contributed by atoms with E-state index >= 15 is 0 Å². The van der Waals surface area contributed by atoms with Crippen molar-refractivity contribution in [3.8, 4) is 0 Å². The molecule has 0 radical (unpaired) electrons. The van der Waals surface area contributed by atoms with Gasteiger partial charge < -0.3 is 5.32 Å². The first kappa shape index (κ1) is 11.0. The summed E-state index contributed by atoms with van der Waals surface area (Å²) >= 11 is 0. The second-order valence-corrected chi connectivity index (χ2v) is 6.91. The van der Waals surface area contributed by atoms with Crippen LogP contribution in [-0.2, 0) is 9.84 Å². The number of hydrogen-bond acceptors (Lipinski definition) is 3. The predicted octanol–water partition coefficient (Wildman–Crippen LogP) is 0.809. The SMILES string of the molecule is CCS(=O)(=O)CCNC1CC1(C)C. The molecule has 0 spiro atoms. The van der Waals surface area contributed by atoms with Gasteiger partial charge in [0.15, 0.2) is 9.84 Å². The molecule has 1 aliphatic carbocycles. The van der Waals surface area contributed by atoms with Gasteiger partial charge in [0.2, 0.25) is 0 Å². The molecule has 1 fully saturated rings. The van der Waals surface area contributed by atoms with Crippen LogP contribution in [-0.4, -0.2) is 32.5 Å². The van der Waals surface area contributed by atoms with Crippen molar-refractivity contribution in [3.05, 3.63) is 0 Å². The van der Waals surface area contributed by atoms with Crippen LogP contribution < -0.4 is 5.32 Å². The van der Waals surface area contributed by atoms with Gasteiger partial charge in [-0.2, -0.15) is 0 Å². The van der Waals surface area contributed by atoms with Crippen LogP contribution in [0, 0.1) is 5.41 Å². The normalized spacial score (nSPS) is 25.9. The zero-order valence-corrected chi connectivity index (χ0v) is 9.45. The van der Waals surface area contributed by atoms with Gasteiger partial charge in [-0.15, -0.1) is 0 Å². The van der Waals surface area contributed by atoms with Crippen molar-refractivity contribution < 1.29 is 8.42 Å². The summed E-state index contributed by atoms with van der Waals surface area (Å²) in [7, 11) is -2.79. The monoisotopic (exact) mass is 205 g/mol. The zero-order chi connectivity index (χ0) is 10.1. The third-order valence-corrected chi connectivity index (χ3v) is 4.46. The molecule has 3 nitrogen and oxygen atoms in total. The summed E-state index contributed by atoms with van der Waals surface area (Å²) in [6, 6.07) is 0.527. The molecule has 0 aromatic carbocycles. The number of sulfone groups is 1. The van der Waals surface area contributed by atoms with Crippen molar-refractivity contribution in [2.45, 2.75) is 33.2 Å². The van der Waals surface area contributed by atoms with Crippen molar-refractivity contribution in [2.75, 3.05) is 18.1 Å². The Kier molecular flexibility index (Phi) is 3.02. The lowest BCUT2D eigenvalue weighted by molar-refractivity contribution is 0.548. The van der Waals surface area contributed by atoms with Gasteiger partial charge >= 0.3 is 0 Å². The summed E-state index contributed by atoms with van der Waals surface area (Å²) in [6.45, 7) is 6.68. The smallest absolute Gasteiger partial charge is 0.151 e. The topological polar surface area (TPSA) is 46.2 Å². The van der Waals surface area contributed by atoms with Gasteiger partial charge in [0.05, 0.1) is 5.75 Å². The van der Waals surface area contributed by atoms with Gasteiger partial charge in [0.25, 0.3) is 0 Å². The minimum Gasteiger partial charge on any atom is -0.312 e. The molecule has 4 heteroatoms. The lowest BCUT2D eigenvalue weighted by atomic mass is 10.2. The first-order valence-corrected chi connectivity index (χ1v) is 6.63. The van der Waals surface area contributed by atoms with E-state index in [-0.39, 0.29) is 11.5 Å². The first-order chi connectivity index (χ1) is 5.87. The molecule has 1 N–H and O–H groups in total. The zero-order valence-electron chi connectivity index (χ0n) is 8.63. The largest absolute Gasteiger partial charge is 0.312 e. The van der Waals surface area contributed by atoms with Crippen LogP contribution in [0.5, 0.6) is 0 Å². The van der Waals surface area contributed by atoms with Crippen molar-refractivity contribution >= 4 is 9.84 Å². The fourth-order valence-electron chi connectivity index (χ4n) is 1.35. The molecular formula is C9H19NO2S. The van der Waals surface area contributed by atoms with Crippen LogP contribution in [0.3, 0.4) is 0 Å². The molecular weight excluding hydrogens is 186 g/mol. The molecule has 1 unspecified atom stereocenters. The van der Waals surface area contributed by atoms with Gasteiger partial charge in [-0.05, 0) is 11.8 Å². The Bertz CT molecular complexity index is 269. The molecule has 1 saturated carbocycles. The van der Waals surface area contributed by atoms with Gasteiger partial charge in [0.1, 0.15) is 0 Å². The molecule has 78 valence electrons. The van der Waals surface area contributed by atoms with Gasteiger partial charge in [-0.3, -0.25) is 0 Å². The standard InChI is InChI=1S/C9H19NO2S/c1-4-13(11,12)6-5-10-8-7-9(8,2)3/h8,10H,4-7H2,1-3H3. The second kappa shape index (κ2) is 3.58. The average molecular weight is 205 g/mol. The number of hydrogen-bond donors (Lipinski definition) is 1. The fraction of sp³-hybridized carbons (Fsp3) is 1.00. The molecule has 0 aromatic heterocycles. The van der Waals surface area contributed by atoms with Crippen LogP contribution in [0.4, 0.5) is 0 Å². The number of nitrogens with one attached hydrogen (secondary N) is 1. The van der Waals surface area contributed by atoms with Gasteiger partial charge in [-0.1, -0.05) is 20.8 Å². The summed E-state index contributed by atoms with van der Waals surface area (Å²) in [5.41, 5.74) is 0.385. The molecule has 1 aliphatic rings.